The quantitative estimate of drug-likeness (QED) is 0.553. The number of carbonyl (C=O) groups excluding carboxylic acids is 1. The molecule has 0 aromatic heterocycles. The third-order valence-corrected chi connectivity index (χ3v) is 3.32. The molecule has 0 fully saturated rings. The molecular weight excluding hydrogens is 329 g/mol. The predicted octanol–water partition coefficient (Wildman–Crippen LogP) is 4.86. The Morgan fingerprint density at radius 2 is 1.57 bits per heavy atom. The standard InChI is InChI=1S/C17H14ClF3O2/c18-14(10-17(19,20)21)11-23-15-8-6-13(7-9-15)16(22)12-4-2-1-3-5-12/h1-9,14H,10-11H2. The number of rotatable bonds is 6. The molecule has 0 bridgehead atoms. The molecule has 1 atom stereocenters. The van der Waals surface area contributed by atoms with Crippen molar-refractivity contribution < 1.29 is 22.7 Å². The fourth-order valence-corrected chi connectivity index (χ4v) is 2.19. The van der Waals surface area contributed by atoms with Crippen LogP contribution in [0.4, 0.5) is 13.2 Å². The smallest absolute Gasteiger partial charge is 0.390 e. The van der Waals surface area contributed by atoms with Crippen LogP contribution >= 0.6 is 11.6 Å². The van der Waals surface area contributed by atoms with E-state index in [1.165, 1.54) is 12.1 Å². The summed E-state index contributed by atoms with van der Waals surface area (Å²) in [6.07, 6.45) is -5.43. The van der Waals surface area contributed by atoms with Crippen LogP contribution in [0.15, 0.2) is 54.6 Å². The second kappa shape index (κ2) is 7.51. The minimum Gasteiger partial charge on any atom is -0.492 e. The molecule has 1 unspecified atom stereocenters. The summed E-state index contributed by atoms with van der Waals surface area (Å²) in [5.74, 6) is 0.229. The minimum atomic E-state index is -4.32. The van der Waals surface area contributed by atoms with Gasteiger partial charge in [0.1, 0.15) is 12.4 Å². The van der Waals surface area contributed by atoms with Crippen molar-refractivity contribution in [2.45, 2.75) is 18.0 Å². The van der Waals surface area contributed by atoms with Crippen molar-refractivity contribution in [3.8, 4) is 5.75 Å². The number of alkyl halides is 4. The van der Waals surface area contributed by atoms with Gasteiger partial charge in [-0.1, -0.05) is 30.3 Å². The second-order valence-electron chi connectivity index (χ2n) is 4.95. The lowest BCUT2D eigenvalue weighted by Crippen LogP contribution is -2.20. The number of hydrogen-bond donors (Lipinski definition) is 0. The fraction of sp³-hybridized carbons (Fsp3) is 0.235. The highest BCUT2D eigenvalue weighted by molar-refractivity contribution is 6.20. The average molecular weight is 343 g/mol. The van der Waals surface area contributed by atoms with Crippen molar-refractivity contribution in [2.75, 3.05) is 6.61 Å². The van der Waals surface area contributed by atoms with Crippen molar-refractivity contribution in [1.29, 1.82) is 0 Å². The molecule has 0 N–H and O–H groups in total. The van der Waals surface area contributed by atoms with Crippen molar-refractivity contribution >= 4 is 17.4 Å². The van der Waals surface area contributed by atoms with E-state index in [0.29, 0.717) is 16.9 Å². The summed E-state index contributed by atoms with van der Waals surface area (Å²) in [5, 5.41) is -1.15. The molecule has 0 aliphatic carbocycles. The van der Waals surface area contributed by atoms with Crippen molar-refractivity contribution in [3.05, 3.63) is 65.7 Å². The zero-order valence-corrected chi connectivity index (χ0v) is 12.8. The van der Waals surface area contributed by atoms with E-state index in [4.69, 9.17) is 16.3 Å². The molecule has 122 valence electrons. The lowest BCUT2D eigenvalue weighted by atomic mass is 10.0. The molecule has 23 heavy (non-hydrogen) atoms. The molecule has 0 radical (unpaired) electrons. The number of ether oxygens (including phenoxy) is 1. The monoisotopic (exact) mass is 342 g/mol. The first-order chi connectivity index (χ1) is 10.8. The number of ketones is 1. The average Bonchev–Trinajstić information content (AvgIpc) is 2.52. The van der Waals surface area contributed by atoms with E-state index < -0.39 is 18.0 Å². The maximum atomic E-state index is 12.2. The summed E-state index contributed by atoms with van der Waals surface area (Å²) in [6.45, 7) is -0.257. The molecule has 0 amide bonds. The van der Waals surface area contributed by atoms with Crippen LogP contribution in [0.25, 0.3) is 0 Å². The Labute approximate surface area is 136 Å². The van der Waals surface area contributed by atoms with Gasteiger partial charge >= 0.3 is 6.18 Å². The van der Waals surface area contributed by atoms with Crippen LogP contribution < -0.4 is 4.74 Å². The Kier molecular flexibility index (Phi) is 5.66. The van der Waals surface area contributed by atoms with Crippen LogP contribution in [0.5, 0.6) is 5.75 Å². The van der Waals surface area contributed by atoms with Gasteiger partial charge in [0.15, 0.2) is 5.78 Å². The van der Waals surface area contributed by atoms with E-state index in [2.05, 4.69) is 0 Å². The van der Waals surface area contributed by atoms with Crippen LogP contribution in [0.1, 0.15) is 22.3 Å². The highest BCUT2D eigenvalue weighted by atomic mass is 35.5. The van der Waals surface area contributed by atoms with E-state index in [1.54, 1.807) is 36.4 Å². The van der Waals surface area contributed by atoms with Crippen molar-refractivity contribution in [3.63, 3.8) is 0 Å². The van der Waals surface area contributed by atoms with E-state index in [0.717, 1.165) is 0 Å². The van der Waals surface area contributed by atoms with Gasteiger partial charge in [0.05, 0.1) is 11.8 Å². The molecule has 0 saturated carbocycles. The molecule has 0 aliphatic rings. The van der Waals surface area contributed by atoms with Gasteiger partial charge < -0.3 is 4.74 Å². The molecule has 2 nitrogen and oxygen atoms in total. The van der Waals surface area contributed by atoms with Gasteiger partial charge in [-0.05, 0) is 24.3 Å². The molecule has 2 aromatic carbocycles. The normalized spacial score (nSPS) is 12.7. The van der Waals surface area contributed by atoms with E-state index in [9.17, 15) is 18.0 Å². The van der Waals surface area contributed by atoms with E-state index >= 15 is 0 Å². The highest BCUT2D eigenvalue weighted by Crippen LogP contribution is 2.25. The summed E-state index contributed by atoms with van der Waals surface area (Å²) in [5.41, 5.74) is 1.04. The van der Waals surface area contributed by atoms with Gasteiger partial charge in [0, 0.05) is 11.1 Å². The lowest BCUT2D eigenvalue weighted by molar-refractivity contribution is -0.135. The molecule has 0 spiro atoms. The first-order valence-corrected chi connectivity index (χ1v) is 7.32. The van der Waals surface area contributed by atoms with Crippen LogP contribution in [0.2, 0.25) is 0 Å². The Balaban J connectivity index is 1.94. The number of halogens is 4. The summed E-state index contributed by atoms with van der Waals surface area (Å²) in [6, 6.07) is 15.0. The Morgan fingerprint density at radius 1 is 1.00 bits per heavy atom. The van der Waals surface area contributed by atoms with Crippen LogP contribution in [-0.4, -0.2) is 23.9 Å². The molecule has 0 saturated heterocycles. The summed E-state index contributed by atoms with van der Waals surface area (Å²) in [4.78, 5) is 12.2. The summed E-state index contributed by atoms with van der Waals surface area (Å²) < 4.78 is 41.7. The Bertz CT molecular complexity index is 639. The summed E-state index contributed by atoms with van der Waals surface area (Å²) in [7, 11) is 0. The second-order valence-corrected chi connectivity index (χ2v) is 5.56. The maximum absolute atomic E-state index is 12.2. The lowest BCUT2D eigenvalue weighted by Gasteiger charge is -2.13. The maximum Gasteiger partial charge on any atom is 0.390 e. The van der Waals surface area contributed by atoms with Crippen LogP contribution in [0, 0.1) is 0 Å². The van der Waals surface area contributed by atoms with Gasteiger partial charge in [-0.2, -0.15) is 13.2 Å². The van der Waals surface area contributed by atoms with Crippen molar-refractivity contribution in [1.82, 2.24) is 0 Å². The number of hydrogen-bond acceptors (Lipinski definition) is 2. The Morgan fingerprint density at radius 3 is 2.13 bits per heavy atom. The molecule has 2 rings (SSSR count). The SMILES string of the molecule is O=C(c1ccccc1)c1ccc(OCC(Cl)CC(F)(F)F)cc1. The molecular formula is C17H14ClF3O2. The third-order valence-electron chi connectivity index (χ3n) is 3.04. The molecule has 2 aromatic rings. The van der Waals surface area contributed by atoms with Crippen LogP contribution in [-0.2, 0) is 0 Å². The minimum absolute atomic E-state index is 0.135. The highest BCUT2D eigenvalue weighted by Gasteiger charge is 2.31. The van der Waals surface area contributed by atoms with E-state index in [-0.39, 0.29) is 12.4 Å². The first-order valence-electron chi connectivity index (χ1n) is 6.88. The van der Waals surface area contributed by atoms with Crippen LogP contribution in [0.3, 0.4) is 0 Å². The molecule has 6 heteroatoms. The molecule has 0 aliphatic heterocycles. The largest absolute Gasteiger partial charge is 0.492 e. The molecule has 0 heterocycles. The van der Waals surface area contributed by atoms with Gasteiger partial charge in [-0.15, -0.1) is 11.6 Å². The zero-order chi connectivity index (χ0) is 16.9. The first kappa shape index (κ1) is 17.3. The topological polar surface area (TPSA) is 26.3 Å². The predicted molar refractivity (Wildman–Crippen MR) is 82.1 cm³/mol. The number of benzene rings is 2. The third kappa shape index (κ3) is 5.60. The van der Waals surface area contributed by atoms with E-state index in [1.807, 2.05) is 6.07 Å². The van der Waals surface area contributed by atoms with Gasteiger partial charge in [-0.25, -0.2) is 0 Å². The summed E-state index contributed by atoms with van der Waals surface area (Å²) >= 11 is 5.58. The van der Waals surface area contributed by atoms with Crippen molar-refractivity contribution in [2.24, 2.45) is 0 Å². The van der Waals surface area contributed by atoms with Gasteiger partial charge in [-0.3, -0.25) is 4.79 Å². The van der Waals surface area contributed by atoms with Gasteiger partial charge in [0.2, 0.25) is 0 Å². The Hall–Kier alpha value is -2.01. The fourth-order valence-electron chi connectivity index (χ4n) is 1.96. The zero-order valence-electron chi connectivity index (χ0n) is 12.0. The number of carbonyl (C=O) groups is 1. The van der Waals surface area contributed by atoms with Gasteiger partial charge in [0.25, 0.3) is 0 Å².